The lowest BCUT2D eigenvalue weighted by molar-refractivity contribution is 0.355. The second-order valence-corrected chi connectivity index (χ2v) is 3.52. The molecule has 0 atom stereocenters. The van der Waals surface area contributed by atoms with Crippen molar-refractivity contribution in [2.24, 2.45) is 0 Å². The van der Waals surface area contributed by atoms with Crippen molar-refractivity contribution in [2.75, 3.05) is 21.3 Å². The number of methoxy groups -OCH3 is 3. The molecule has 0 aliphatic carbocycles. The average Bonchev–Trinajstić information content (AvgIpc) is 2.46. The summed E-state index contributed by atoms with van der Waals surface area (Å²) >= 11 is 0. The molecule has 0 saturated carbocycles. The lowest BCUT2D eigenvalue weighted by Crippen LogP contribution is -1.94. The number of aromatic nitrogens is 2. The molecule has 18 heavy (non-hydrogen) atoms. The highest BCUT2D eigenvalue weighted by molar-refractivity contribution is 5.61. The van der Waals surface area contributed by atoms with Gasteiger partial charge in [-0.1, -0.05) is 0 Å². The van der Waals surface area contributed by atoms with E-state index in [2.05, 4.69) is 9.97 Å². The number of hydrogen-bond donors (Lipinski definition) is 0. The van der Waals surface area contributed by atoms with Crippen molar-refractivity contribution >= 4 is 0 Å². The van der Waals surface area contributed by atoms with Crippen LogP contribution in [-0.2, 0) is 0 Å². The Hall–Kier alpha value is -2.30. The first-order chi connectivity index (χ1) is 8.78. The van der Waals surface area contributed by atoms with Crippen LogP contribution in [0.4, 0.5) is 0 Å². The topological polar surface area (TPSA) is 53.5 Å². The van der Waals surface area contributed by atoms with Gasteiger partial charge >= 0.3 is 0 Å². The number of benzene rings is 1. The Balaban J connectivity index is 2.37. The van der Waals surface area contributed by atoms with Crippen molar-refractivity contribution in [3.05, 3.63) is 30.6 Å². The van der Waals surface area contributed by atoms with Gasteiger partial charge < -0.3 is 14.2 Å². The smallest absolute Gasteiger partial charge is 0.161 e. The van der Waals surface area contributed by atoms with E-state index in [1.54, 1.807) is 33.7 Å². The van der Waals surface area contributed by atoms with Gasteiger partial charge in [-0.3, -0.25) is 0 Å². The molecule has 1 heterocycles. The third kappa shape index (κ3) is 2.34. The summed E-state index contributed by atoms with van der Waals surface area (Å²) in [5.74, 6) is 2.56. The SMILES string of the molecule is COc1cnc(-c2ccc(OC)c(OC)c2)nc1. The Morgan fingerprint density at radius 3 is 2.06 bits per heavy atom. The lowest BCUT2D eigenvalue weighted by atomic mass is 10.2. The maximum Gasteiger partial charge on any atom is 0.161 e. The molecule has 0 spiro atoms. The first-order valence-corrected chi connectivity index (χ1v) is 5.37. The zero-order valence-corrected chi connectivity index (χ0v) is 10.5. The van der Waals surface area contributed by atoms with Crippen LogP contribution < -0.4 is 14.2 Å². The quantitative estimate of drug-likeness (QED) is 0.827. The van der Waals surface area contributed by atoms with E-state index in [0.717, 1.165) is 5.56 Å². The molecule has 0 fully saturated rings. The van der Waals surface area contributed by atoms with E-state index < -0.39 is 0 Å². The summed E-state index contributed by atoms with van der Waals surface area (Å²) in [5.41, 5.74) is 0.857. The van der Waals surface area contributed by atoms with Gasteiger partial charge in [0.25, 0.3) is 0 Å². The summed E-state index contributed by atoms with van der Waals surface area (Å²) in [7, 11) is 4.77. The fraction of sp³-hybridized carbons (Fsp3) is 0.231. The summed E-state index contributed by atoms with van der Waals surface area (Å²) in [6, 6.07) is 5.53. The van der Waals surface area contributed by atoms with E-state index in [0.29, 0.717) is 23.1 Å². The minimum Gasteiger partial charge on any atom is -0.494 e. The van der Waals surface area contributed by atoms with Crippen LogP contribution in [-0.4, -0.2) is 31.3 Å². The number of ether oxygens (including phenoxy) is 3. The Kier molecular flexibility index (Phi) is 3.62. The third-order valence-electron chi connectivity index (χ3n) is 2.51. The van der Waals surface area contributed by atoms with Crippen LogP contribution in [0, 0.1) is 0 Å². The van der Waals surface area contributed by atoms with Gasteiger partial charge in [0.15, 0.2) is 23.1 Å². The minimum atomic E-state index is 0.608. The molecule has 0 bridgehead atoms. The van der Waals surface area contributed by atoms with Gasteiger partial charge in [0, 0.05) is 5.56 Å². The van der Waals surface area contributed by atoms with Crippen LogP contribution >= 0.6 is 0 Å². The van der Waals surface area contributed by atoms with Crippen LogP contribution in [0.3, 0.4) is 0 Å². The molecule has 2 rings (SSSR count). The van der Waals surface area contributed by atoms with Gasteiger partial charge in [-0.05, 0) is 18.2 Å². The molecule has 94 valence electrons. The van der Waals surface area contributed by atoms with Gasteiger partial charge in [0.2, 0.25) is 0 Å². The maximum absolute atomic E-state index is 5.24. The van der Waals surface area contributed by atoms with E-state index >= 15 is 0 Å². The van der Waals surface area contributed by atoms with Crippen molar-refractivity contribution in [1.29, 1.82) is 0 Å². The number of nitrogens with zero attached hydrogens (tertiary/aromatic N) is 2. The fourth-order valence-corrected chi connectivity index (χ4v) is 1.55. The van der Waals surface area contributed by atoms with Gasteiger partial charge in [-0.15, -0.1) is 0 Å². The third-order valence-corrected chi connectivity index (χ3v) is 2.51. The summed E-state index contributed by atoms with van der Waals surface area (Å²) in [6.45, 7) is 0. The summed E-state index contributed by atoms with van der Waals surface area (Å²) in [6.07, 6.45) is 3.25. The van der Waals surface area contributed by atoms with Crippen molar-refractivity contribution in [3.63, 3.8) is 0 Å². The second kappa shape index (κ2) is 5.35. The van der Waals surface area contributed by atoms with Gasteiger partial charge in [0.1, 0.15) is 0 Å². The van der Waals surface area contributed by atoms with Gasteiger partial charge in [0.05, 0.1) is 33.7 Å². The fourth-order valence-electron chi connectivity index (χ4n) is 1.55. The van der Waals surface area contributed by atoms with Crippen LogP contribution in [0.15, 0.2) is 30.6 Å². The van der Waals surface area contributed by atoms with E-state index in [9.17, 15) is 0 Å². The lowest BCUT2D eigenvalue weighted by Gasteiger charge is -2.09. The normalized spacial score (nSPS) is 9.94. The van der Waals surface area contributed by atoms with Crippen LogP contribution in [0.1, 0.15) is 0 Å². The molecule has 1 aromatic heterocycles. The van der Waals surface area contributed by atoms with E-state index in [1.165, 1.54) is 0 Å². The molecule has 1 aromatic carbocycles. The first kappa shape index (κ1) is 12.2. The second-order valence-electron chi connectivity index (χ2n) is 3.52. The Morgan fingerprint density at radius 2 is 1.50 bits per heavy atom. The Labute approximate surface area is 105 Å². The van der Waals surface area contributed by atoms with Crippen LogP contribution in [0.2, 0.25) is 0 Å². The standard InChI is InChI=1S/C13H14N2O3/c1-16-10-7-14-13(15-8-10)9-4-5-11(17-2)12(6-9)18-3/h4-8H,1-3H3. The predicted molar refractivity (Wildman–Crippen MR) is 67.1 cm³/mol. The largest absolute Gasteiger partial charge is 0.494 e. The molecule has 2 aromatic rings. The van der Waals surface area contributed by atoms with Crippen LogP contribution in [0.25, 0.3) is 11.4 Å². The highest BCUT2D eigenvalue weighted by Gasteiger charge is 2.08. The summed E-state index contributed by atoms with van der Waals surface area (Å²) in [4.78, 5) is 8.44. The van der Waals surface area contributed by atoms with Gasteiger partial charge in [-0.2, -0.15) is 0 Å². The number of hydrogen-bond acceptors (Lipinski definition) is 5. The maximum atomic E-state index is 5.24. The summed E-state index contributed by atoms with van der Waals surface area (Å²) < 4.78 is 15.4. The molecule has 5 heteroatoms. The van der Waals surface area contributed by atoms with Crippen molar-refractivity contribution in [3.8, 4) is 28.6 Å². The molecule has 0 aliphatic rings. The van der Waals surface area contributed by atoms with Crippen LogP contribution in [0.5, 0.6) is 17.2 Å². The summed E-state index contributed by atoms with van der Waals surface area (Å²) in [5, 5.41) is 0. The molecular weight excluding hydrogens is 232 g/mol. The van der Waals surface area contributed by atoms with E-state index in [1.807, 2.05) is 18.2 Å². The molecule has 0 unspecified atom stereocenters. The average molecular weight is 246 g/mol. The van der Waals surface area contributed by atoms with Crippen molar-refractivity contribution < 1.29 is 14.2 Å². The molecule has 0 amide bonds. The molecule has 0 saturated heterocycles. The van der Waals surface area contributed by atoms with Crippen molar-refractivity contribution in [2.45, 2.75) is 0 Å². The first-order valence-electron chi connectivity index (χ1n) is 5.37. The monoisotopic (exact) mass is 246 g/mol. The molecular formula is C13H14N2O3. The van der Waals surface area contributed by atoms with Crippen molar-refractivity contribution in [1.82, 2.24) is 9.97 Å². The molecule has 5 nitrogen and oxygen atoms in total. The van der Waals surface area contributed by atoms with E-state index in [-0.39, 0.29) is 0 Å². The predicted octanol–water partition coefficient (Wildman–Crippen LogP) is 2.17. The Bertz CT molecular complexity index is 526. The zero-order valence-electron chi connectivity index (χ0n) is 10.5. The molecule has 0 N–H and O–H groups in total. The molecule has 0 radical (unpaired) electrons. The highest BCUT2D eigenvalue weighted by Crippen LogP contribution is 2.30. The zero-order chi connectivity index (χ0) is 13.0. The number of rotatable bonds is 4. The minimum absolute atomic E-state index is 0.608. The van der Waals surface area contributed by atoms with E-state index in [4.69, 9.17) is 14.2 Å². The Morgan fingerprint density at radius 1 is 0.833 bits per heavy atom. The molecule has 0 aliphatic heterocycles. The van der Waals surface area contributed by atoms with Gasteiger partial charge in [-0.25, -0.2) is 9.97 Å². The highest BCUT2D eigenvalue weighted by atomic mass is 16.5.